The van der Waals surface area contributed by atoms with E-state index < -0.39 is 0 Å². The van der Waals surface area contributed by atoms with Crippen molar-refractivity contribution >= 4 is 39.9 Å². The van der Waals surface area contributed by atoms with Gasteiger partial charge in [0.1, 0.15) is 4.32 Å². The zero-order chi connectivity index (χ0) is 9.68. The van der Waals surface area contributed by atoms with Gasteiger partial charge < -0.3 is 5.32 Å². The SMILES string of the molecule is CNC(=S)SCc1ccccc1Cl. The predicted molar refractivity (Wildman–Crippen MR) is 64.4 cm³/mol. The molecule has 0 amide bonds. The van der Waals surface area contributed by atoms with Crippen LogP contribution in [0.25, 0.3) is 0 Å². The van der Waals surface area contributed by atoms with Crippen molar-refractivity contribution < 1.29 is 0 Å². The number of thiocarbonyl (C=S) groups is 1. The Balaban J connectivity index is 2.54. The molecule has 0 aliphatic heterocycles. The molecule has 1 rings (SSSR count). The molecule has 1 aromatic carbocycles. The molecule has 0 aliphatic carbocycles. The normalized spacial score (nSPS) is 9.69. The molecule has 13 heavy (non-hydrogen) atoms. The van der Waals surface area contributed by atoms with Crippen LogP contribution >= 0.6 is 35.6 Å². The van der Waals surface area contributed by atoms with E-state index in [2.05, 4.69) is 5.32 Å². The Kier molecular flexibility index (Phi) is 4.56. The molecule has 0 atom stereocenters. The number of rotatable bonds is 2. The van der Waals surface area contributed by atoms with E-state index in [-0.39, 0.29) is 0 Å². The summed E-state index contributed by atoms with van der Waals surface area (Å²) in [7, 11) is 1.82. The van der Waals surface area contributed by atoms with Gasteiger partial charge in [0, 0.05) is 17.8 Å². The number of hydrogen-bond acceptors (Lipinski definition) is 2. The lowest BCUT2D eigenvalue weighted by Crippen LogP contribution is -2.10. The van der Waals surface area contributed by atoms with E-state index in [1.165, 1.54) is 0 Å². The van der Waals surface area contributed by atoms with Gasteiger partial charge in [0.25, 0.3) is 0 Å². The number of benzene rings is 1. The van der Waals surface area contributed by atoms with Gasteiger partial charge >= 0.3 is 0 Å². The van der Waals surface area contributed by atoms with Gasteiger partial charge in [-0.2, -0.15) is 0 Å². The summed E-state index contributed by atoms with van der Waals surface area (Å²) >= 11 is 12.6. The average Bonchev–Trinajstić information content (AvgIpc) is 2.16. The first-order valence-electron chi connectivity index (χ1n) is 3.82. The van der Waals surface area contributed by atoms with E-state index in [4.69, 9.17) is 23.8 Å². The van der Waals surface area contributed by atoms with Crippen molar-refractivity contribution in [2.75, 3.05) is 7.05 Å². The molecule has 0 saturated carbocycles. The molecule has 1 aromatic rings. The number of hydrogen-bond donors (Lipinski definition) is 1. The first-order chi connectivity index (χ1) is 6.24. The lowest BCUT2D eigenvalue weighted by molar-refractivity contribution is 1.23. The second kappa shape index (κ2) is 5.47. The Morgan fingerprint density at radius 1 is 1.54 bits per heavy atom. The summed E-state index contributed by atoms with van der Waals surface area (Å²) in [5.41, 5.74) is 1.12. The number of thioether (sulfide) groups is 1. The van der Waals surface area contributed by atoms with Gasteiger partial charge in [-0.1, -0.05) is 53.8 Å². The van der Waals surface area contributed by atoms with Crippen LogP contribution in [0, 0.1) is 0 Å². The Morgan fingerprint density at radius 3 is 2.85 bits per heavy atom. The third-order valence-electron chi connectivity index (χ3n) is 1.52. The van der Waals surface area contributed by atoms with Gasteiger partial charge in [-0.15, -0.1) is 0 Å². The monoisotopic (exact) mass is 231 g/mol. The van der Waals surface area contributed by atoms with Crippen LogP contribution in [-0.2, 0) is 5.75 Å². The van der Waals surface area contributed by atoms with Crippen LogP contribution < -0.4 is 5.32 Å². The van der Waals surface area contributed by atoms with E-state index in [0.717, 1.165) is 20.7 Å². The fourth-order valence-corrected chi connectivity index (χ4v) is 1.97. The minimum Gasteiger partial charge on any atom is -0.374 e. The average molecular weight is 232 g/mol. The zero-order valence-corrected chi connectivity index (χ0v) is 9.60. The smallest absolute Gasteiger partial charge is 0.133 e. The Bertz CT molecular complexity index is 301. The van der Waals surface area contributed by atoms with Gasteiger partial charge in [-0.25, -0.2) is 0 Å². The van der Waals surface area contributed by atoms with Crippen LogP contribution in [0.1, 0.15) is 5.56 Å². The van der Waals surface area contributed by atoms with Crippen molar-refractivity contribution in [2.45, 2.75) is 5.75 Å². The fraction of sp³-hybridized carbons (Fsp3) is 0.222. The van der Waals surface area contributed by atoms with Crippen molar-refractivity contribution in [3.63, 3.8) is 0 Å². The summed E-state index contributed by atoms with van der Waals surface area (Å²) in [6.07, 6.45) is 0. The molecule has 4 heteroatoms. The highest BCUT2D eigenvalue weighted by atomic mass is 35.5. The highest BCUT2D eigenvalue weighted by Crippen LogP contribution is 2.20. The topological polar surface area (TPSA) is 12.0 Å². The van der Waals surface area contributed by atoms with E-state index in [0.29, 0.717) is 0 Å². The highest BCUT2D eigenvalue weighted by Gasteiger charge is 2.00. The lowest BCUT2D eigenvalue weighted by Gasteiger charge is -2.03. The third kappa shape index (κ3) is 3.55. The van der Waals surface area contributed by atoms with Crippen molar-refractivity contribution in [1.29, 1.82) is 0 Å². The Hall–Kier alpha value is -0.250. The molecule has 1 N–H and O–H groups in total. The van der Waals surface area contributed by atoms with Gasteiger partial charge in [0.15, 0.2) is 0 Å². The van der Waals surface area contributed by atoms with Crippen LogP contribution in [0.3, 0.4) is 0 Å². The van der Waals surface area contributed by atoms with Gasteiger partial charge in [0.05, 0.1) is 0 Å². The summed E-state index contributed by atoms with van der Waals surface area (Å²) in [5.74, 6) is 0.819. The third-order valence-corrected chi connectivity index (χ3v) is 3.37. The molecule has 0 radical (unpaired) electrons. The lowest BCUT2D eigenvalue weighted by atomic mass is 10.2. The van der Waals surface area contributed by atoms with E-state index in [9.17, 15) is 0 Å². The van der Waals surface area contributed by atoms with Crippen LogP contribution in [0.15, 0.2) is 24.3 Å². The largest absolute Gasteiger partial charge is 0.374 e. The second-order valence-electron chi connectivity index (χ2n) is 2.42. The molecule has 0 spiro atoms. The Labute approximate surface area is 92.9 Å². The van der Waals surface area contributed by atoms with Crippen LogP contribution in [0.4, 0.5) is 0 Å². The maximum atomic E-state index is 5.97. The van der Waals surface area contributed by atoms with E-state index in [1.807, 2.05) is 31.3 Å². The summed E-state index contributed by atoms with van der Waals surface area (Å²) < 4.78 is 0.792. The number of halogens is 1. The van der Waals surface area contributed by atoms with Gasteiger partial charge in [0.2, 0.25) is 0 Å². The minimum atomic E-state index is 0.792. The highest BCUT2D eigenvalue weighted by molar-refractivity contribution is 8.22. The maximum absolute atomic E-state index is 5.97. The van der Waals surface area contributed by atoms with Crippen LogP contribution in [0.5, 0.6) is 0 Å². The first-order valence-corrected chi connectivity index (χ1v) is 5.59. The molecule has 1 nitrogen and oxygen atoms in total. The zero-order valence-electron chi connectivity index (χ0n) is 7.21. The van der Waals surface area contributed by atoms with Crippen LogP contribution in [-0.4, -0.2) is 11.4 Å². The molecule has 0 aliphatic rings. The molecule has 0 saturated heterocycles. The van der Waals surface area contributed by atoms with Crippen molar-refractivity contribution in [3.8, 4) is 0 Å². The van der Waals surface area contributed by atoms with Crippen LogP contribution in [0.2, 0.25) is 5.02 Å². The molecule has 0 heterocycles. The standard InChI is InChI=1S/C9H10ClNS2/c1-11-9(12)13-6-7-4-2-3-5-8(7)10/h2-5H,6H2,1H3,(H,11,12). The van der Waals surface area contributed by atoms with Crippen molar-refractivity contribution in [3.05, 3.63) is 34.9 Å². The Morgan fingerprint density at radius 2 is 2.23 bits per heavy atom. The molecular formula is C9H10ClNS2. The fourth-order valence-electron chi connectivity index (χ4n) is 0.831. The quantitative estimate of drug-likeness (QED) is 0.786. The maximum Gasteiger partial charge on any atom is 0.133 e. The number of nitrogens with one attached hydrogen (secondary N) is 1. The summed E-state index contributed by atoms with van der Waals surface area (Å²) in [5, 5.41) is 3.71. The van der Waals surface area contributed by atoms with E-state index >= 15 is 0 Å². The van der Waals surface area contributed by atoms with E-state index in [1.54, 1.807) is 11.8 Å². The molecule has 0 bridgehead atoms. The molecular weight excluding hydrogens is 222 g/mol. The second-order valence-corrected chi connectivity index (χ2v) is 4.48. The summed E-state index contributed by atoms with van der Waals surface area (Å²) in [6.45, 7) is 0. The molecule has 70 valence electrons. The molecule has 0 fully saturated rings. The minimum absolute atomic E-state index is 0.792. The molecule has 0 aromatic heterocycles. The van der Waals surface area contributed by atoms with Crippen molar-refractivity contribution in [1.82, 2.24) is 5.32 Å². The van der Waals surface area contributed by atoms with Gasteiger partial charge in [-0.05, 0) is 11.6 Å². The summed E-state index contributed by atoms with van der Waals surface area (Å²) in [4.78, 5) is 0. The van der Waals surface area contributed by atoms with Gasteiger partial charge in [-0.3, -0.25) is 0 Å². The molecule has 0 unspecified atom stereocenters. The summed E-state index contributed by atoms with van der Waals surface area (Å²) in [6, 6.07) is 7.80. The first kappa shape index (κ1) is 10.8. The predicted octanol–water partition coefficient (Wildman–Crippen LogP) is 3.08. The van der Waals surface area contributed by atoms with Crippen molar-refractivity contribution in [2.24, 2.45) is 0 Å².